The topological polar surface area (TPSA) is 59.4 Å². The minimum atomic E-state index is -0.941. The van der Waals surface area contributed by atoms with E-state index in [0.717, 1.165) is 5.56 Å². The second-order valence-electron chi connectivity index (χ2n) is 3.87. The molecule has 0 aliphatic heterocycles. The highest BCUT2D eigenvalue weighted by atomic mass is 16.5. The van der Waals surface area contributed by atoms with Crippen molar-refractivity contribution in [1.82, 2.24) is 4.98 Å². The van der Waals surface area contributed by atoms with Crippen molar-refractivity contribution in [2.24, 2.45) is 0 Å². The highest BCUT2D eigenvalue weighted by molar-refractivity contribution is 5.87. The first-order valence-corrected chi connectivity index (χ1v) is 5.57. The molecule has 0 saturated carbocycles. The van der Waals surface area contributed by atoms with Gasteiger partial charge in [0, 0.05) is 12.4 Å². The number of carboxylic acid groups (broad SMARTS) is 1. The van der Waals surface area contributed by atoms with Crippen molar-refractivity contribution >= 4 is 5.97 Å². The van der Waals surface area contributed by atoms with Crippen LogP contribution in [0.1, 0.15) is 28.9 Å². The summed E-state index contributed by atoms with van der Waals surface area (Å²) in [6.07, 6.45) is 3.31. The first-order valence-electron chi connectivity index (χ1n) is 5.57. The molecule has 1 N–H and O–H groups in total. The minimum absolute atomic E-state index is 0.108. The molecule has 2 aromatic rings. The third kappa shape index (κ3) is 2.85. The summed E-state index contributed by atoms with van der Waals surface area (Å²) in [6.45, 7) is 1.93. The lowest BCUT2D eigenvalue weighted by Gasteiger charge is -2.14. The highest BCUT2D eigenvalue weighted by Crippen LogP contribution is 2.21. The smallest absolute Gasteiger partial charge is 0.335 e. The number of aromatic nitrogens is 1. The molecule has 0 aliphatic rings. The van der Waals surface area contributed by atoms with Gasteiger partial charge in [0.25, 0.3) is 0 Å². The molecule has 0 saturated heterocycles. The number of aromatic carboxylic acids is 1. The Balaban J connectivity index is 2.08. The molecule has 0 aliphatic carbocycles. The number of nitrogens with zero attached hydrogens (tertiary/aromatic N) is 1. The van der Waals surface area contributed by atoms with Crippen LogP contribution in [-0.4, -0.2) is 16.1 Å². The summed E-state index contributed by atoms with van der Waals surface area (Å²) in [4.78, 5) is 14.7. The van der Waals surface area contributed by atoms with Crippen LogP contribution in [0.2, 0.25) is 0 Å². The molecule has 18 heavy (non-hydrogen) atoms. The number of pyridine rings is 1. The fraction of sp³-hybridized carbons (Fsp3) is 0.143. The second kappa shape index (κ2) is 5.31. The van der Waals surface area contributed by atoms with E-state index >= 15 is 0 Å². The van der Waals surface area contributed by atoms with E-state index in [1.54, 1.807) is 24.5 Å². The van der Waals surface area contributed by atoms with E-state index < -0.39 is 5.97 Å². The predicted molar refractivity (Wildman–Crippen MR) is 66.7 cm³/mol. The first kappa shape index (κ1) is 12.1. The monoisotopic (exact) mass is 243 g/mol. The zero-order chi connectivity index (χ0) is 13.0. The first-order chi connectivity index (χ1) is 8.66. The van der Waals surface area contributed by atoms with Crippen LogP contribution in [0.3, 0.4) is 0 Å². The third-order valence-corrected chi connectivity index (χ3v) is 2.59. The standard InChI is InChI=1S/C14H13NO3/c1-10(11-6-8-15-9-7-11)18-13-4-2-12(3-5-13)14(16)17/h2-10H,1H3,(H,16,17). The Hall–Kier alpha value is -2.36. The Bertz CT molecular complexity index is 522. The Kier molecular flexibility index (Phi) is 3.57. The zero-order valence-corrected chi connectivity index (χ0v) is 9.91. The Morgan fingerprint density at radius 2 is 1.78 bits per heavy atom. The highest BCUT2D eigenvalue weighted by Gasteiger charge is 2.07. The predicted octanol–water partition coefficient (Wildman–Crippen LogP) is 2.92. The van der Waals surface area contributed by atoms with Gasteiger partial charge >= 0.3 is 5.97 Å². The molecule has 4 heteroatoms. The zero-order valence-electron chi connectivity index (χ0n) is 9.91. The van der Waals surface area contributed by atoms with Gasteiger partial charge < -0.3 is 9.84 Å². The van der Waals surface area contributed by atoms with Crippen molar-refractivity contribution in [3.8, 4) is 5.75 Å². The van der Waals surface area contributed by atoms with Crippen LogP contribution in [0.4, 0.5) is 0 Å². The Morgan fingerprint density at radius 3 is 2.33 bits per heavy atom. The minimum Gasteiger partial charge on any atom is -0.486 e. The number of ether oxygens (including phenoxy) is 1. The van der Waals surface area contributed by atoms with E-state index in [-0.39, 0.29) is 11.7 Å². The summed E-state index contributed by atoms with van der Waals surface area (Å²) in [5.74, 6) is -0.298. The maximum atomic E-state index is 10.7. The summed E-state index contributed by atoms with van der Waals surface area (Å²) in [5, 5.41) is 8.79. The summed E-state index contributed by atoms with van der Waals surface area (Å²) in [7, 11) is 0. The van der Waals surface area contributed by atoms with Crippen LogP contribution in [0.25, 0.3) is 0 Å². The fourth-order valence-corrected chi connectivity index (χ4v) is 1.58. The van der Waals surface area contributed by atoms with Gasteiger partial charge in [0.1, 0.15) is 11.9 Å². The molecule has 1 unspecified atom stereocenters. The molecular weight excluding hydrogens is 230 g/mol. The number of carboxylic acids is 1. The average molecular weight is 243 g/mol. The molecule has 2 rings (SSSR count). The molecule has 0 bridgehead atoms. The van der Waals surface area contributed by atoms with Crippen LogP contribution >= 0.6 is 0 Å². The van der Waals surface area contributed by atoms with Crippen LogP contribution in [0.5, 0.6) is 5.75 Å². The van der Waals surface area contributed by atoms with Gasteiger partial charge in [-0.1, -0.05) is 0 Å². The van der Waals surface area contributed by atoms with Gasteiger partial charge in [-0.15, -0.1) is 0 Å². The van der Waals surface area contributed by atoms with Crippen molar-refractivity contribution in [2.45, 2.75) is 13.0 Å². The van der Waals surface area contributed by atoms with Crippen LogP contribution in [-0.2, 0) is 0 Å². The molecule has 4 nitrogen and oxygen atoms in total. The normalized spacial score (nSPS) is 11.8. The molecule has 1 heterocycles. The molecule has 1 aromatic heterocycles. The summed E-state index contributed by atoms with van der Waals surface area (Å²) in [5.41, 5.74) is 1.27. The molecule has 1 atom stereocenters. The number of benzene rings is 1. The van der Waals surface area contributed by atoms with E-state index in [1.165, 1.54) is 12.1 Å². The second-order valence-corrected chi connectivity index (χ2v) is 3.87. The SMILES string of the molecule is CC(Oc1ccc(C(=O)O)cc1)c1ccncc1. The van der Waals surface area contributed by atoms with Gasteiger partial charge in [-0.3, -0.25) is 4.98 Å². The van der Waals surface area contributed by atoms with E-state index in [0.29, 0.717) is 5.75 Å². The van der Waals surface area contributed by atoms with Crippen molar-refractivity contribution < 1.29 is 14.6 Å². The van der Waals surface area contributed by atoms with Gasteiger partial charge in [-0.25, -0.2) is 4.79 Å². The molecule has 0 amide bonds. The van der Waals surface area contributed by atoms with Gasteiger partial charge in [0.2, 0.25) is 0 Å². The summed E-state index contributed by atoms with van der Waals surface area (Å²) in [6, 6.07) is 10.1. The summed E-state index contributed by atoms with van der Waals surface area (Å²) < 4.78 is 5.71. The summed E-state index contributed by atoms with van der Waals surface area (Å²) >= 11 is 0. The molecule has 92 valence electrons. The lowest BCUT2D eigenvalue weighted by molar-refractivity contribution is 0.0697. The number of rotatable bonds is 4. The van der Waals surface area contributed by atoms with E-state index in [9.17, 15) is 4.79 Å². The number of carbonyl (C=O) groups is 1. The van der Waals surface area contributed by atoms with Crippen molar-refractivity contribution in [2.75, 3.05) is 0 Å². The van der Waals surface area contributed by atoms with Crippen molar-refractivity contribution in [1.29, 1.82) is 0 Å². The van der Waals surface area contributed by atoms with Gasteiger partial charge in [-0.2, -0.15) is 0 Å². The van der Waals surface area contributed by atoms with Crippen LogP contribution < -0.4 is 4.74 Å². The Morgan fingerprint density at radius 1 is 1.17 bits per heavy atom. The van der Waals surface area contributed by atoms with Crippen molar-refractivity contribution in [3.63, 3.8) is 0 Å². The molecule has 0 radical (unpaired) electrons. The largest absolute Gasteiger partial charge is 0.486 e. The number of hydrogen-bond donors (Lipinski definition) is 1. The van der Waals surface area contributed by atoms with E-state index in [1.807, 2.05) is 19.1 Å². The quantitative estimate of drug-likeness (QED) is 0.896. The van der Waals surface area contributed by atoms with Gasteiger partial charge in [0.05, 0.1) is 5.56 Å². The molecule has 0 fully saturated rings. The average Bonchev–Trinajstić information content (AvgIpc) is 2.40. The molecule has 0 spiro atoms. The van der Waals surface area contributed by atoms with Gasteiger partial charge in [-0.05, 0) is 48.9 Å². The maximum Gasteiger partial charge on any atom is 0.335 e. The maximum absolute atomic E-state index is 10.7. The van der Waals surface area contributed by atoms with Crippen LogP contribution in [0.15, 0.2) is 48.8 Å². The molecular formula is C14H13NO3. The van der Waals surface area contributed by atoms with E-state index in [2.05, 4.69) is 4.98 Å². The van der Waals surface area contributed by atoms with Gasteiger partial charge in [0.15, 0.2) is 0 Å². The Labute approximate surface area is 105 Å². The van der Waals surface area contributed by atoms with Crippen molar-refractivity contribution in [3.05, 3.63) is 59.9 Å². The lowest BCUT2D eigenvalue weighted by Crippen LogP contribution is -2.03. The lowest BCUT2D eigenvalue weighted by atomic mass is 10.1. The molecule has 1 aromatic carbocycles. The third-order valence-electron chi connectivity index (χ3n) is 2.59. The van der Waals surface area contributed by atoms with Crippen LogP contribution in [0, 0.1) is 0 Å². The van der Waals surface area contributed by atoms with E-state index in [4.69, 9.17) is 9.84 Å². The fourth-order valence-electron chi connectivity index (χ4n) is 1.58. The number of hydrogen-bond acceptors (Lipinski definition) is 3.